The van der Waals surface area contributed by atoms with Gasteiger partial charge in [-0.15, -0.1) is 0 Å². The van der Waals surface area contributed by atoms with Crippen LogP contribution in [0.1, 0.15) is 32.6 Å². The number of anilines is 1. The first-order valence-corrected chi connectivity index (χ1v) is 10.3. The maximum absolute atomic E-state index is 12.8. The normalized spacial score (nSPS) is 22.4. The van der Waals surface area contributed by atoms with E-state index in [9.17, 15) is 23.3 Å². The number of benzene rings is 1. The van der Waals surface area contributed by atoms with Crippen LogP contribution < -0.4 is 4.90 Å². The first kappa shape index (κ1) is 18.8. The summed E-state index contributed by atoms with van der Waals surface area (Å²) in [5.74, 6) is -0.0479. The lowest BCUT2D eigenvalue weighted by Crippen LogP contribution is -2.40. The van der Waals surface area contributed by atoms with Gasteiger partial charge in [0.2, 0.25) is 10.0 Å². The molecule has 9 heteroatoms. The molecule has 2 aliphatic heterocycles. The fourth-order valence-electron chi connectivity index (χ4n) is 3.57. The number of carbonyl (C=O) groups is 1. The number of piperidine rings is 2. The number of carbonyl (C=O) groups excluding carboxylic acids is 1. The first-order chi connectivity index (χ1) is 12.3. The molecular weight excluding hydrogens is 358 g/mol. The zero-order valence-corrected chi connectivity index (χ0v) is 15.6. The number of nitrogens with zero attached hydrogens (tertiary/aromatic N) is 3. The van der Waals surface area contributed by atoms with Crippen LogP contribution in [0.2, 0.25) is 0 Å². The van der Waals surface area contributed by atoms with Crippen molar-refractivity contribution in [2.45, 2.75) is 37.5 Å². The number of Topliss-reactive ketones (excluding diaryl/α,β-unsaturated/α-hetero) is 1. The molecular formula is C17H23N3O5S. The van der Waals surface area contributed by atoms with Gasteiger partial charge in [0, 0.05) is 44.6 Å². The molecule has 1 aromatic carbocycles. The minimum absolute atomic E-state index is 0.0454. The maximum Gasteiger partial charge on any atom is 0.293 e. The van der Waals surface area contributed by atoms with E-state index in [4.69, 9.17) is 0 Å². The summed E-state index contributed by atoms with van der Waals surface area (Å²) in [6.07, 6.45) is 2.95. The van der Waals surface area contributed by atoms with Crippen LogP contribution in [0.5, 0.6) is 0 Å². The summed E-state index contributed by atoms with van der Waals surface area (Å²) in [6.45, 7) is 3.50. The van der Waals surface area contributed by atoms with Crippen LogP contribution in [0.15, 0.2) is 23.1 Å². The molecule has 2 aliphatic rings. The van der Waals surface area contributed by atoms with Crippen LogP contribution >= 0.6 is 0 Å². The average Bonchev–Trinajstić information content (AvgIpc) is 2.64. The molecule has 0 amide bonds. The zero-order chi connectivity index (χ0) is 18.9. The second-order valence-electron chi connectivity index (χ2n) is 6.94. The minimum Gasteiger partial charge on any atom is -0.365 e. The smallest absolute Gasteiger partial charge is 0.293 e. The molecule has 0 N–H and O–H groups in total. The van der Waals surface area contributed by atoms with Crippen molar-refractivity contribution < 1.29 is 18.1 Å². The summed E-state index contributed by atoms with van der Waals surface area (Å²) in [7, 11) is -3.73. The zero-order valence-electron chi connectivity index (χ0n) is 14.8. The SMILES string of the molecule is CC1CN(c2ccc(S(=O)(=O)N3CCCCC3)cc2[N+](=O)[O-])CCC1=O. The Balaban J connectivity index is 1.94. The largest absolute Gasteiger partial charge is 0.365 e. The van der Waals surface area contributed by atoms with Crippen LogP contribution in [-0.4, -0.2) is 49.6 Å². The van der Waals surface area contributed by atoms with Gasteiger partial charge in [0.15, 0.2) is 0 Å². The Morgan fingerprint density at radius 3 is 2.46 bits per heavy atom. The van der Waals surface area contributed by atoms with E-state index in [1.54, 1.807) is 11.8 Å². The van der Waals surface area contributed by atoms with Gasteiger partial charge in [0.1, 0.15) is 11.5 Å². The van der Waals surface area contributed by atoms with Crippen LogP contribution in [0.4, 0.5) is 11.4 Å². The second-order valence-corrected chi connectivity index (χ2v) is 8.87. The molecule has 26 heavy (non-hydrogen) atoms. The van der Waals surface area contributed by atoms with Crippen molar-refractivity contribution in [3.63, 3.8) is 0 Å². The highest BCUT2D eigenvalue weighted by Gasteiger charge is 2.31. The van der Waals surface area contributed by atoms with E-state index in [2.05, 4.69) is 0 Å². The third kappa shape index (κ3) is 3.59. The predicted octanol–water partition coefficient (Wildman–Crippen LogP) is 2.18. The molecule has 3 rings (SSSR count). The number of hydrogen-bond acceptors (Lipinski definition) is 6. The Labute approximate surface area is 153 Å². The predicted molar refractivity (Wildman–Crippen MR) is 96.7 cm³/mol. The van der Waals surface area contributed by atoms with Gasteiger partial charge in [-0.1, -0.05) is 13.3 Å². The van der Waals surface area contributed by atoms with Gasteiger partial charge in [-0.25, -0.2) is 8.42 Å². The third-order valence-corrected chi connectivity index (χ3v) is 7.00. The Hall–Kier alpha value is -2.00. The van der Waals surface area contributed by atoms with Gasteiger partial charge in [0.05, 0.1) is 9.82 Å². The minimum atomic E-state index is -3.73. The number of nitro benzene ring substituents is 1. The molecule has 8 nitrogen and oxygen atoms in total. The highest BCUT2D eigenvalue weighted by Crippen LogP contribution is 2.34. The summed E-state index contributed by atoms with van der Waals surface area (Å²) in [5, 5.41) is 11.6. The summed E-state index contributed by atoms with van der Waals surface area (Å²) in [4.78, 5) is 24.5. The lowest BCUT2D eigenvalue weighted by atomic mass is 9.98. The Kier molecular flexibility index (Phi) is 5.29. The van der Waals surface area contributed by atoms with Gasteiger partial charge >= 0.3 is 0 Å². The van der Waals surface area contributed by atoms with Crippen molar-refractivity contribution in [2.75, 3.05) is 31.1 Å². The monoisotopic (exact) mass is 381 g/mol. The Morgan fingerprint density at radius 1 is 1.15 bits per heavy atom. The van der Waals surface area contributed by atoms with E-state index in [1.807, 2.05) is 0 Å². The van der Waals surface area contributed by atoms with Crippen LogP contribution in [0.3, 0.4) is 0 Å². The quantitative estimate of drug-likeness (QED) is 0.585. The molecule has 2 fully saturated rings. The highest BCUT2D eigenvalue weighted by molar-refractivity contribution is 7.89. The molecule has 1 atom stereocenters. The molecule has 0 bridgehead atoms. The van der Waals surface area contributed by atoms with Crippen molar-refractivity contribution in [1.82, 2.24) is 4.31 Å². The fourth-order valence-corrected chi connectivity index (χ4v) is 5.10. The van der Waals surface area contributed by atoms with E-state index in [0.29, 0.717) is 38.3 Å². The van der Waals surface area contributed by atoms with E-state index in [1.165, 1.54) is 16.4 Å². The van der Waals surface area contributed by atoms with Gasteiger partial charge in [0.25, 0.3) is 5.69 Å². The topological polar surface area (TPSA) is 101 Å². The van der Waals surface area contributed by atoms with Crippen molar-refractivity contribution in [3.05, 3.63) is 28.3 Å². The van der Waals surface area contributed by atoms with Gasteiger partial charge < -0.3 is 4.90 Å². The van der Waals surface area contributed by atoms with E-state index in [-0.39, 0.29) is 22.3 Å². The van der Waals surface area contributed by atoms with Crippen molar-refractivity contribution in [1.29, 1.82) is 0 Å². The van der Waals surface area contributed by atoms with Crippen LogP contribution in [0.25, 0.3) is 0 Å². The van der Waals surface area contributed by atoms with E-state index < -0.39 is 14.9 Å². The summed E-state index contributed by atoms with van der Waals surface area (Å²) in [5.41, 5.74) is 0.136. The molecule has 142 valence electrons. The van der Waals surface area contributed by atoms with E-state index >= 15 is 0 Å². The molecule has 0 saturated carbocycles. The summed E-state index contributed by atoms with van der Waals surface area (Å²) in [6, 6.07) is 4.09. The molecule has 0 aliphatic carbocycles. The van der Waals surface area contributed by atoms with Crippen molar-refractivity contribution in [2.24, 2.45) is 5.92 Å². The molecule has 0 aromatic heterocycles. The van der Waals surface area contributed by atoms with Crippen LogP contribution in [-0.2, 0) is 14.8 Å². The number of sulfonamides is 1. The number of ketones is 1. The molecule has 0 spiro atoms. The maximum atomic E-state index is 12.8. The van der Waals surface area contributed by atoms with Crippen molar-refractivity contribution >= 4 is 27.2 Å². The number of rotatable bonds is 4. The summed E-state index contributed by atoms with van der Waals surface area (Å²) < 4.78 is 27.0. The molecule has 2 heterocycles. The van der Waals surface area contributed by atoms with Crippen molar-refractivity contribution in [3.8, 4) is 0 Å². The first-order valence-electron chi connectivity index (χ1n) is 8.87. The van der Waals surface area contributed by atoms with E-state index in [0.717, 1.165) is 25.3 Å². The van der Waals surface area contributed by atoms with Gasteiger partial charge in [-0.2, -0.15) is 4.31 Å². The lowest BCUT2D eigenvalue weighted by molar-refractivity contribution is -0.384. The molecule has 1 unspecified atom stereocenters. The summed E-state index contributed by atoms with van der Waals surface area (Å²) >= 11 is 0. The number of nitro groups is 1. The van der Waals surface area contributed by atoms with Crippen LogP contribution in [0, 0.1) is 16.0 Å². The average molecular weight is 381 g/mol. The third-order valence-electron chi connectivity index (χ3n) is 5.11. The Morgan fingerprint density at radius 2 is 1.85 bits per heavy atom. The number of hydrogen-bond donors (Lipinski definition) is 0. The van der Waals surface area contributed by atoms with Gasteiger partial charge in [-0.05, 0) is 25.0 Å². The highest BCUT2D eigenvalue weighted by atomic mass is 32.2. The molecule has 0 radical (unpaired) electrons. The van der Waals surface area contributed by atoms with Gasteiger partial charge in [-0.3, -0.25) is 14.9 Å². The lowest BCUT2D eigenvalue weighted by Gasteiger charge is -2.31. The second kappa shape index (κ2) is 7.32. The molecule has 2 saturated heterocycles. The molecule has 1 aromatic rings. The Bertz CT molecular complexity index is 818. The standard InChI is InChI=1S/C17H23N3O5S/c1-13-12-18(10-7-17(13)21)15-6-5-14(11-16(15)20(22)23)26(24,25)19-8-3-2-4-9-19/h5-6,11,13H,2-4,7-10,12H2,1H3. The fraction of sp³-hybridized carbons (Fsp3) is 0.588.